The normalized spacial score (nSPS) is 13.6. The maximum Gasteiger partial charge on any atom is 0.305 e. The number of carbonyl (C=O) groups excluding carboxylic acids is 1. The first kappa shape index (κ1) is 15.6. The van der Waals surface area contributed by atoms with Gasteiger partial charge in [-0.25, -0.2) is 0 Å². The number of ether oxygens (including phenoxy) is 1. The molecule has 0 saturated heterocycles. The quantitative estimate of drug-likeness (QED) is 0.529. The minimum atomic E-state index is -1.57. The van der Waals surface area contributed by atoms with E-state index in [9.17, 15) is 9.90 Å². The Morgan fingerprint density at radius 3 is 2.50 bits per heavy atom. The number of esters is 1. The fourth-order valence-electron chi connectivity index (χ4n) is 1.68. The maximum atomic E-state index is 11.2. The summed E-state index contributed by atoms with van der Waals surface area (Å²) >= 11 is 0. The summed E-state index contributed by atoms with van der Waals surface area (Å²) in [7, 11) is -1.57. The number of hydrogen-bond donors (Lipinski definition) is 1. The van der Waals surface area contributed by atoms with Crippen molar-refractivity contribution in [2.24, 2.45) is 0 Å². The van der Waals surface area contributed by atoms with Gasteiger partial charge in [0.25, 0.3) is 0 Å². The van der Waals surface area contributed by atoms with Crippen LogP contribution < -0.4 is 0 Å². The molecule has 0 amide bonds. The number of aliphatic hydroxyl groups is 1. The third-order valence-corrected chi connectivity index (χ3v) is 6.74. The Morgan fingerprint density at radius 2 is 2.00 bits per heavy atom. The van der Waals surface area contributed by atoms with Crippen LogP contribution in [0.15, 0.2) is 0 Å². The summed E-state index contributed by atoms with van der Waals surface area (Å²) in [5.74, 6) is -0.193. The lowest BCUT2D eigenvalue weighted by Crippen LogP contribution is -2.41. The van der Waals surface area contributed by atoms with Gasteiger partial charge in [0.05, 0.1) is 14.7 Å². The van der Waals surface area contributed by atoms with Crippen molar-refractivity contribution in [1.82, 2.24) is 0 Å². The van der Waals surface area contributed by atoms with E-state index in [1.54, 1.807) is 6.92 Å². The van der Waals surface area contributed by atoms with Crippen molar-refractivity contribution < 1.29 is 14.6 Å². The second-order valence-electron chi connectivity index (χ2n) is 4.95. The molecule has 0 aromatic rings. The van der Waals surface area contributed by atoms with Gasteiger partial charge in [-0.15, -0.1) is 0 Å². The van der Waals surface area contributed by atoms with Crippen molar-refractivity contribution in [3.8, 4) is 0 Å². The molecule has 0 spiro atoms. The molecular weight excluding hydrogens is 220 g/mol. The highest BCUT2D eigenvalue weighted by Gasteiger charge is 2.29. The second kappa shape index (κ2) is 7.85. The van der Waals surface area contributed by atoms with E-state index in [0.717, 1.165) is 6.04 Å². The molecule has 3 nitrogen and oxygen atoms in total. The van der Waals surface area contributed by atoms with Crippen molar-refractivity contribution in [2.45, 2.75) is 64.4 Å². The second-order valence-corrected chi connectivity index (χ2v) is 10.1. The third-order valence-electron chi connectivity index (χ3n) is 3.00. The molecule has 0 aromatic carbocycles. The summed E-state index contributed by atoms with van der Waals surface area (Å²) in [5.41, 5.74) is -0.288. The van der Waals surface area contributed by atoms with Crippen LogP contribution in [0.4, 0.5) is 0 Å². The molecule has 0 saturated carbocycles. The van der Waals surface area contributed by atoms with Crippen molar-refractivity contribution in [2.75, 3.05) is 6.61 Å². The zero-order valence-corrected chi connectivity index (χ0v) is 12.1. The minimum Gasteiger partial charge on any atom is -0.466 e. The van der Waals surface area contributed by atoms with Crippen LogP contribution in [0.25, 0.3) is 0 Å². The topological polar surface area (TPSA) is 46.5 Å². The first-order chi connectivity index (χ1) is 7.44. The minimum absolute atomic E-state index is 0.193. The summed E-state index contributed by atoms with van der Waals surface area (Å²) in [4.78, 5) is 11.2. The highest BCUT2D eigenvalue weighted by molar-refractivity contribution is 6.78. The number of rotatable bonds is 8. The lowest BCUT2D eigenvalue weighted by Gasteiger charge is -2.28. The van der Waals surface area contributed by atoms with Crippen LogP contribution in [0.2, 0.25) is 19.1 Å². The standard InChI is InChI=1S/C12H26O3Si/c1-5-7-10-16(3,4)12(14)9-8-11(13)15-6-2/h12,14H,5-10H2,1-4H3. The summed E-state index contributed by atoms with van der Waals surface area (Å²) in [5, 5.41) is 10.1. The number of unbranched alkanes of at least 4 members (excludes halogenated alkanes) is 1. The molecule has 0 bridgehead atoms. The largest absolute Gasteiger partial charge is 0.466 e. The van der Waals surface area contributed by atoms with E-state index in [1.807, 2.05) is 0 Å². The molecule has 0 rings (SSSR count). The van der Waals surface area contributed by atoms with Gasteiger partial charge in [0.1, 0.15) is 0 Å². The Kier molecular flexibility index (Phi) is 7.67. The van der Waals surface area contributed by atoms with Crippen LogP contribution >= 0.6 is 0 Å². The van der Waals surface area contributed by atoms with Gasteiger partial charge in [0, 0.05) is 12.1 Å². The first-order valence-electron chi connectivity index (χ1n) is 6.27. The molecule has 0 fully saturated rings. The molecule has 0 aromatic heterocycles. The van der Waals surface area contributed by atoms with Crippen LogP contribution in [0, 0.1) is 0 Å². The zero-order valence-electron chi connectivity index (χ0n) is 11.1. The predicted molar refractivity (Wildman–Crippen MR) is 69.1 cm³/mol. The number of hydrogen-bond acceptors (Lipinski definition) is 3. The lowest BCUT2D eigenvalue weighted by atomic mass is 10.3. The molecule has 1 atom stereocenters. The van der Waals surface area contributed by atoms with Gasteiger partial charge in [-0.3, -0.25) is 4.79 Å². The molecule has 16 heavy (non-hydrogen) atoms. The summed E-state index contributed by atoms with van der Waals surface area (Å²) in [6.45, 7) is 8.77. The Labute approximate surface area is 100 Å². The molecule has 4 heteroatoms. The Balaban J connectivity index is 3.93. The molecule has 0 heterocycles. The monoisotopic (exact) mass is 246 g/mol. The van der Waals surface area contributed by atoms with Gasteiger partial charge < -0.3 is 9.84 Å². The Morgan fingerprint density at radius 1 is 1.38 bits per heavy atom. The van der Waals surface area contributed by atoms with Gasteiger partial charge >= 0.3 is 5.97 Å². The fraction of sp³-hybridized carbons (Fsp3) is 0.917. The molecular formula is C12H26O3Si. The Hall–Kier alpha value is -0.353. The Bertz CT molecular complexity index is 204. The summed E-state index contributed by atoms with van der Waals surface area (Å²) in [6.07, 6.45) is 3.25. The SMILES string of the molecule is CCCC[Si](C)(C)C(O)CCC(=O)OCC. The van der Waals surface area contributed by atoms with Crippen LogP contribution in [0.1, 0.15) is 39.5 Å². The van der Waals surface area contributed by atoms with Crippen LogP contribution in [-0.4, -0.2) is 31.5 Å². The predicted octanol–water partition coefficient (Wildman–Crippen LogP) is 2.74. The van der Waals surface area contributed by atoms with Crippen molar-refractivity contribution in [1.29, 1.82) is 0 Å². The van der Waals surface area contributed by atoms with Crippen LogP contribution in [-0.2, 0) is 9.53 Å². The van der Waals surface area contributed by atoms with Crippen molar-refractivity contribution in [3.05, 3.63) is 0 Å². The summed E-state index contributed by atoms with van der Waals surface area (Å²) in [6, 6.07) is 1.13. The molecule has 0 aliphatic carbocycles. The van der Waals surface area contributed by atoms with E-state index in [0.29, 0.717) is 19.4 Å². The van der Waals surface area contributed by atoms with Gasteiger partial charge in [-0.1, -0.05) is 38.9 Å². The highest BCUT2D eigenvalue weighted by atomic mass is 28.3. The van der Waals surface area contributed by atoms with Gasteiger partial charge in [0.15, 0.2) is 0 Å². The average Bonchev–Trinajstić information content (AvgIpc) is 2.23. The van der Waals surface area contributed by atoms with Crippen molar-refractivity contribution >= 4 is 14.0 Å². The highest BCUT2D eigenvalue weighted by Crippen LogP contribution is 2.21. The average molecular weight is 246 g/mol. The molecule has 0 aliphatic heterocycles. The van der Waals surface area contributed by atoms with E-state index >= 15 is 0 Å². The lowest BCUT2D eigenvalue weighted by molar-refractivity contribution is -0.143. The van der Waals surface area contributed by atoms with E-state index < -0.39 is 8.07 Å². The third kappa shape index (κ3) is 6.28. The van der Waals surface area contributed by atoms with E-state index in [2.05, 4.69) is 20.0 Å². The van der Waals surface area contributed by atoms with Crippen LogP contribution in [0.3, 0.4) is 0 Å². The van der Waals surface area contributed by atoms with Gasteiger partial charge in [-0.2, -0.15) is 0 Å². The first-order valence-corrected chi connectivity index (χ1v) is 9.56. The number of aliphatic hydroxyl groups excluding tert-OH is 1. The van der Waals surface area contributed by atoms with E-state index in [-0.39, 0.29) is 11.7 Å². The fourth-order valence-corrected chi connectivity index (χ4v) is 4.20. The molecule has 0 radical (unpaired) electrons. The number of carbonyl (C=O) groups is 1. The zero-order chi connectivity index (χ0) is 12.6. The van der Waals surface area contributed by atoms with Gasteiger partial charge in [-0.05, 0) is 13.3 Å². The maximum absolute atomic E-state index is 11.2. The summed E-state index contributed by atoms with van der Waals surface area (Å²) < 4.78 is 4.85. The van der Waals surface area contributed by atoms with Crippen molar-refractivity contribution in [3.63, 3.8) is 0 Å². The smallest absolute Gasteiger partial charge is 0.305 e. The molecule has 1 unspecified atom stereocenters. The molecule has 1 N–H and O–H groups in total. The molecule has 96 valence electrons. The van der Waals surface area contributed by atoms with E-state index in [4.69, 9.17) is 4.74 Å². The molecule has 0 aliphatic rings. The van der Waals surface area contributed by atoms with E-state index in [1.165, 1.54) is 12.8 Å². The van der Waals surface area contributed by atoms with Crippen LogP contribution in [0.5, 0.6) is 0 Å². The van der Waals surface area contributed by atoms with Gasteiger partial charge in [0.2, 0.25) is 0 Å².